The molecule has 1 aromatic carbocycles. The number of ether oxygens (including phenoxy) is 1. The highest BCUT2D eigenvalue weighted by molar-refractivity contribution is 5.75. The van der Waals surface area contributed by atoms with E-state index < -0.39 is 0 Å². The van der Waals surface area contributed by atoms with Crippen molar-refractivity contribution in [2.24, 2.45) is 5.73 Å². The lowest BCUT2D eigenvalue weighted by Gasteiger charge is -2.17. The molecule has 0 atom stereocenters. The van der Waals surface area contributed by atoms with E-state index in [4.69, 9.17) is 10.5 Å². The van der Waals surface area contributed by atoms with Crippen molar-refractivity contribution in [3.05, 3.63) is 30.1 Å². The van der Waals surface area contributed by atoms with Crippen LogP contribution in [-0.2, 0) is 4.79 Å². The first-order chi connectivity index (χ1) is 8.13. The molecular formula is C12H17FN2O2. The minimum atomic E-state index is -0.299. The fourth-order valence-electron chi connectivity index (χ4n) is 1.27. The highest BCUT2D eigenvalue weighted by Gasteiger charge is 2.06. The minimum Gasteiger partial charge on any atom is -0.492 e. The summed E-state index contributed by atoms with van der Waals surface area (Å²) in [5.41, 5.74) is 5.29. The summed E-state index contributed by atoms with van der Waals surface area (Å²) >= 11 is 0. The number of hydrogen-bond donors (Lipinski definition) is 1. The van der Waals surface area contributed by atoms with Gasteiger partial charge in [-0.15, -0.1) is 0 Å². The van der Waals surface area contributed by atoms with Crippen molar-refractivity contribution in [1.29, 1.82) is 0 Å². The first kappa shape index (κ1) is 13.4. The molecule has 4 nitrogen and oxygen atoms in total. The summed E-state index contributed by atoms with van der Waals surface area (Å²) < 4.78 is 18.0. The quantitative estimate of drug-likeness (QED) is 0.807. The van der Waals surface area contributed by atoms with Gasteiger partial charge in [-0.25, -0.2) is 4.39 Å². The molecule has 2 N–H and O–H groups in total. The molecule has 0 fully saturated rings. The summed E-state index contributed by atoms with van der Waals surface area (Å²) in [6.07, 6.45) is 0.340. The third-order valence-corrected chi connectivity index (χ3v) is 2.29. The lowest BCUT2D eigenvalue weighted by atomic mass is 10.3. The van der Waals surface area contributed by atoms with Gasteiger partial charge in [-0.05, 0) is 24.3 Å². The third-order valence-electron chi connectivity index (χ3n) is 2.29. The fraction of sp³-hybridized carbons (Fsp3) is 0.417. The second-order valence-electron chi connectivity index (χ2n) is 3.66. The predicted octanol–water partition coefficient (Wildman–Crippen LogP) is 1.01. The molecule has 5 heteroatoms. The maximum Gasteiger partial charge on any atom is 0.223 e. The number of amides is 1. The van der Waals surface area contributed by atoms with Crippen LogP contribution in [0, 0.1) is 5.82 Å². The number of nitrogens with two attached hydrogens (primary N) is 1. The molecule has 0 aliphatic heterocycles. The molecule has 0 spiro atoms. The molecule has 0 unspecified atom stereocenters. The number of benzene rings is 1. The third kappa shape index (κ3) is 4.82. The van der Waals surface area contributed by atoms with E-state index in [0.717, 1.165) is 0 Å². The zero-order valence-electron chi connectivity index (χ0n) is 9.86. The van der Waals surface area contributed by atoms with Crippen LogP contribution >= 0.6 is 0 Å². The van der Waals surface area contributed by atoms with Crippen molar-refractivity contribution in [1.82, 2.24) is 4.90 Å². The molecule has 0 aliphatic carbocycles. The van der Waals surface area contributed by atoms with Gasteiger partial charge in [0.15, 0.2) is 0 Å². The SMILES string of the molecule is CN(CCOc1ccc(F)cc1)C(=O)CCN. The van der Waals surface area contributed by atoms with Gasteiger partial charge in [-0.3, -0.25) is 4.79 Å². The summed E-state index contributed by atoms with van der Waals surface area (Å²) in [5.74, 6) is 0.286. The summed E-state index contributed by atoms with van der Waals surface area (Å²) in [4.78, 5) is 12.9. The number of nitrogens with zero attached hydrogens (tertiary/aromatic N) is 1. The number of halogens is 1. The Morgan fingerprint density at radius 2 is 2.06 bits per heavy atom. The van der Waals surface area contributed by atoms with E-state index in [9.17, 15) is 9.18 Å². The molecule has 0 radical (unpaired) electrons. The van der Waals surface area contributed by atoms with Crippen LogP contribution in [0.15, 0.2) is 24.3 Å². The summed E-state index contributed by atoms with van der Waals surface area (Å²) in [7, 11) is 1.70. The molecule has 0 saturated heterocycles. The van der Waals surface area contributed by atoms with Gasteiger partial charge in [0.05, 0.1) is 6.54 Å². The van der Waals surface area contributed by atoms with Crippen molar-refractivity contribution in [3.8, 4) is 5.75 Å². The number of hydrogen-bond acceptors (Lipinski definition) is 3. The molecule has 0 bridgehead atoms. The van der Waals surface area contributed by atoms with Crippen molar-refractivity contribution in [3.63, 3.8) is 0 Å². The van der Waals surface area contributed by atoms with Gasteiger partial charge in [0, 0.05) is 20.0 Å². The summed E-state index contributed by atoms with van der Waals surface area (Å²) in [6.45, 7) is 1.21. The molecule has 0 aromatic heterocycles. The molecule has 94 valence electrons. The zero-order valence-corrected chi connectivity index (χ0v) is 9.86. The topological polar surface area (TPSA) is 55.6 Å². The first-order valence-electron chi connectivity index (χ1n) is 5.46. The van der Waals surface area contributed by atoms with Crippen molar-refractivity contribution in [2.75, 3.05) is 26.7 Å². The molecule has 0 heterocycles. The molecule has 1 rings (SSSR count). The Labute approximate surface area is 100 Å². The van der Waals surface area contributed by atoms with Gasteiger partial charge in [-0.2, -0.15) is 0 Å². The van der Waals surface area contributed by atoms with Gasteiger partial charge in [0.2, 0.25) is 5.91 Å². The molecule has 0 aliphatic rings. The van der Waals surface area contributed by atoms with Crippen LogP contribution < -0.4 is 10.5 Å². The van der Waals surface area contributed by atoms with Crippen molar-refractivity contribution < 1.29 is 13.9 Å². The maximum absolute atomic E-state index is 12.6. The molecule has 0 saturated carbocycles. The Morgan fingerprint density at radius 1 is 1.41 bits per heavy atom. The number of likely N-dealkylation sites (N-methyl/N-ethyl adjacent to an activating group) is 1. The van der Waals surface area contributed by atoms with Gasteiger partial charge in [0.25, 0.3) is 0 Å². The molecule has 1 amide bonds. The lowest BCUT2D eigenvalue weighted by molar-refractivity contribution is -0.130. The molecular weight excluding hydrogens is 223 g/mol. The van der Waals surface area contributed by atoms with Crippen LogP contribution in [0.4, 0.5) is 4.39 Å². The second kappa shape index (κ2) is 6.85. The van der Waals surface area contributed by atoms with E-state index in [1.165, 1.54) is 12.1 Å². The summed E-state index contributed by atoms with van der Waals surface area (Å²) in [6, 6.07) is 5.77. The van der Waals surface area contributed by atoms with Gasteiger partial charge in [0.1, 0.15) is 18.2 Å². The zero-order chi connectivity index (χ0) is 12.7. The Balaban J connectivity index is 2.27. The van der Waals surface area contributed by atoms with Crippen LogP contribution in [0.3, 0.4) is 0 Å². The first-order valence-corrected chi connectivity index (χ1v) is 5.46. The maximum atomic E-state index is 12.6. The fourth-order valence-corrected chi connectivity index (χ4v) is 1.27. The number of carbonyl (C=O) groups excluding carboxylic acids is 1. The smallest absolute Gasteiger partial charge is 0.223 e. The molecule has 1 aromatic rings. The summed E-state index contributed by atoms with van der Waals surface area (Å²) in [5, 5.41) is 0. The van der Waals surface area contributed by atoms with E-state index in [1.807, 2.05) is 0 Å². The van der Waals surface area contributed by atoms with E-state index in [2.05, 4.69) is 0 Å². The Hall–Kier alpha value is -1.62. The Morgan fingerprint density at radius 3 is 2.65 bits per heavy atom. The highest BCUT2D eigenvalue weighted by Crippen LogP contribution is 2.10. The van der Waals surface area contributed by atoms with Crippen LogP contribution in [-0.4, -0.2) is 37.6 Å². The second-order valence-corrected chi connectivity index (χ2v) is 3.66. The van der Waals surface area contributed by atoms with Gasteiger partial charge >= 0.3 is 0 Å². The van der Waals surface area contributed by atoms with E-state index in [1.54, 1.807) is 24.1 Å². The Bertz CT molecular complexity index is 354. The molecule has 17 heavy (non-hydrogen) atoms. The van der Waals surface area contributed by atoms with Crippen molar-refractivity contribution in [2.45, 2.75) is 6.42 Å². The normalized spacial score (nSPS) is 10.1. The average Bonchev–Trinajstić information content (AvgIpc) is 2.32. The lowest BCUT2D eigenvalue weighted by Crippen LogP contribution is -2.32. The van der Waals surface area contributed by atoms with Crippen LogP contribution in [0.25, 0.3) is 0 Å². The Kier molecular flexibility index (Phi) is 5.42. The van der Waals surface area contributed by atoms with E-state index in [0.29, 0.717) is 31.9 Å². The number of rotatable bonds is 6. The van der Waals surface area contributed by atoms with Crippen LogP contribution in [0.2, 0.25) is 0 Å². The standard InChI is InChI=1S/C12H17FN2O2/c1-15(12(16)6-7-14)8-9-17-11-4-2-10(13)3-5-11/h2-5H,6-9,14H2,1H3. The minimum absolute atomic E-state index is 0.00444. The van der Waals surface area contributed by atoms with E-state index >= 15 is 0 Å². The van der Waals surface area contributed by atoms with E-state index in [-0.39, 0.29) is 11.7 Å². The highest BCUT2D eigenvalue weighted by atomic mass is 19.1. The van der Waals surface area contributed by atoms with Gasteiger partial charge < -0.3 is 15.4 Å². The van der Waals surface area contributed by atoms with Crippen molar-refractivity contribution >= 4 is 5.91 Å². The monoisotopic (exact) mass is 240 g/mol. The average molecular weight is 240 g/mol. The largest absolute Gasteiger partial charge is 0.492 e. The van der Waals surface area contributed by atoms with Crippen LogP contribution in [0.1, 0.15) is 6.42 Å². The predicted molar refractivity (Wildman–Crippen MR) is 63.2 cm³/mol. The number of carbonyl (C=O) groups is 1. The van der Waals surface area contributed by atoms with Gasteiger partial charge in [-0.1, -0.05) is 0 Å². The van der Waals surface area contributed by atoms with Crippen LogP contribution in [0.5, 0.6) is 5.75 Å².